The summed E-state index contributed by atoms with van der Waals surface area (Å²) in [7, 11) is 0. The molecule has 2 nitrogen and oxygen atoms in total. The van der Waals surface area contributed by atoms with Gasteiger partial charge in [0.15, 0.2) is 11.6 Å². The van der Waals surface area contributed by atoms with E-state index >= 15 is 0 Å². The lowest BCUT2D eigenvalue weighted by atomic mass is 10.00. The average Bonchev–Trinajstić information content (AvgIpc) is 2.27. The molecule has 0 spiro atoms. The first kappa shape index (κ1) is 12.4. The number of halogens is 1. The van der Waals surface area contributed by atoms with Crippen LogP contribution in [-0.2, 0) is 6.42 Å². The van der Waals surface area contributed by atoms with Crippen molar-refractivity contribution in [1.82, 2.24) is 4.98 Å². The molecule has 0 aliphatic carbocycles. The maximum Gasteiger partial charge on any atom is 0.170 e. The lowest BCUT2D eigenvalue weighted by molar-refractivity contribution is 0.0989. The largest absolute Gasteiger partial charge is 0.294 e. The molecule has 0 saturated heterocycles. The van der Waals surface area contributed by atoms with Crippen LogP contribution < -0.4 is 0 Å². The molecule has 0 bridgehead atoms. The van der Waals surface area contributed by atoms with Gasteiger partial charge in [0, 0.05) is 12.6 Å². The van der Waals surface area contributed by atoms with Crippen LogP contribution >= 0.6 is 0 Å². The fraction of sp³-hybridized carbons (Fsp3) is 0.200. The number of hydrogen-bond donors (Lipinski definition) is 0. The molecule has 0 N–H and O–H groups in total. The van der Waals surface area contributed by atoms with Gasteiger partial charge in [0.25, 0.3) is 0 Å². The minimum atomic E-state index is -0.563. The Bertz CT molecular complexity index is 573. The van der Waals surface area contributed by atoms with Crippen LogP contribution in [-0.4, -0.2) is 10.8 Å². The number of rotatable bonds is 3. The zero-order valence-electron chi connectivity index (χ0n) is 10.4. The highest BCUT2D eigenvalue weighted by atomic mass is 19.1. The lowest BCUT2D eigenvalue weighted by Crippen LogP contribution is -2.06. The highest BCUT2D eigenvalue weighted by Gasteiger charge is 2.12. The van der Waals surface area contributed by atoms with Crippen LogP contribution in [0.3, 0.4) is 0 Å². The second-order valence-electron chi connectivity index (χ2n) is 4.45. The molecule has 0 unspecified atom stereocenters. The van der Waals surface area contributed by atoms with E-state index in [1.165, 1.54) is 12.3 Å². The Morgan fingerprint density at radius 3 is 2.50 bits per heavy atom. The molecule has 3 heteroatoms. The predicted octanol–water partition coefficient (Wildman–Crippen LogP) is 3.26. The summed E-state index contributed by atoms with van der Waals surface area (Å²) in [5.74, 6) is -0.785. The summed E-state index contributed by atoms with van der Waals surface area (Å²) in [6.07, 6.45) is 2.70. The van der Waals surface area contributed by atoms with Gasteiger partial charge in [-0.15, -0.1) is 0 Å². The van der Waals surface area contributed by atoms with Crippen molar-refractivity contribution in [2.75, 3.05) is 0 Å². The third-order valence-electron chi connectivity index (χ3n) is 2.72. The van der Waals surface area contributed by atoms with Crippen molar-refractivity contribution in [2.45, 2.75) is 20.3 Å². The van der Waals surface area contributed by atoms with Crippen LogP contribution in [0.25, 0.3) is 0 Å². The first-order valence-corrected chi connectivity index (χ1v) is 5.76. The number of aryl methyl sites for hydroxylation is 2. The Balaban J connectivity index is 2.24. The molecule has 0 radical (unpaired) electrons. The molecule has 1 heterocycles. The first-order chi connectivity index (χ1) is 8.56. The van der Waals surface area contributed by atoms with E-state index in [4.69, 9.17) is 0 Å². The molecule has 1 aromatic carbocycles. The number of pyridine rings is 1. The molecule has 0 atom stereocenters. The maximum absolute atomic E-state index is 13.4. The molecular formula is C15H14FNO. The standard InChI is InChI=1S/C15H14FNO/c1-10-5-11(2)7-12(6-10)8-15(18)13-3-4-17-9-14(13)16/h3-7,9H,8H2,1-2H3. The van der Waals surface area contributed by atoms with E-state index in [9.17, 15) is 9.18 Å². The molecule has 2 aromatic rings. The fourth-order valence-electron chi connectivity index (χ4n) is 2.05. The molecule has 92 valence electrons. The summed E-state index contributed by atoms with van der Waals surface area (Å²) in [5, 5.41) is 0. The van der Waals surface area contributed by atoms with Gasteiger partial charge < -0.3 is 0 Å². The third-order valence-corrected chi connectivity index (χ3v) is 2.72. The topological polar surface area (TPSA) is 30.0 Å². The van der Waals surface area contributed by atoms with Gasteiger partial charge in [-0.2, -0.15) is 0 Å². The quantitative estimate of drug-likeness (QED) is 0.774. The van der Waals surface area contributed by atoms with Crippen molar-refractivity contribution < 1.29 is 9.18 Å². The SMILES string of the molecule is Cc1cc(C)cc(CC(=O)c2ccncc2F)c1. The smallest absolute Gasteiger partial charge is 0.170 e. The van der Waals surface area contributed by atoms with Gasteiger partial charge >= 0.3 is 0 Å². The fourth-order valence-corrected chi connectivity index (χ4v) is 2.05. The number of hydrogen-bond acceptors (Lipinski definition) is 2. The Kier molecular flexibility index (Phi) is 3.51. The zero-order chi connectivity index (χ0) is 13.1. The normalized spacial score (nSPS) is 10.4. The van der Waals surface area contributed by atoms with Crippen LogP contribution in [0.1, 0.15) is 27.0 Å². The Morgan fingerprint density at radius 1 is 1.22 bits per heavy atom. The van der Waals surface area contributed by atoms with E-state index in [1.54, 1.807) is 0 Å². The van der Waals surface area contributed by atoms with Crippen LogP contribution in [0.2, 0.25) is 0 Å². The number of ketones is 1. The van der Waals surface area contributed by atoms with Crippen molar-refractivity contribution in [3.63, 3.8) is 0 Å². The van der Waals surface area contributed by atoms with Crippen LogP contribution in [0.5, 0.6) is 0 Å². The summed E-state index contributed by atoms with van der Waals surface area (Å²) in [4.78, 5) is 15.6. The zero-order valence-corrected chi connectivity index (χ0v) is 10.4. The van der Waals surface area contributed by atoms with E-state index in [1.807, 2.05) is 32.0 Å². The summed E-state index contributed by atoms with van der Waals surface area (Å²) >= 11 is 0. The predicted molar refractivity (Wildman–Crippen MR) is 68.1 cm³/mol. The van der Waals surface area contributed by atoms with Crippen LogP contribution in [0.15, 0.2) is 36.7 Å². The monoisotopic (exact) mass is 243 g/mol. The van der Waals surface area contributed by atoms with Gasteiger partial charge in [-0.1, -0.05) is 29.3 Å². The number of nitrogens with zero attached hydrogens (tertiary/aromatic N) is 1. The van der Waals surface area contributed by atoms with Crippen LogP contribution in [0, 0.1) is 19.7 Å². The first-order valence-electron chi connectivity index (χ1n) is 5.76. The summed E-state index contributed by atoms with van der Waals surface area (Å²) in [5.41, 5.74) is 3.22. The van der Waals surface area contributed by atoms with Gasteiger partial charge in [-0.05, 0) is 25.5 Å². The molecule has 0 saturated carbocycles. The molecular weight excluding hydrogens is 229 g/mol. The van der Waals surface area contributed by atoms with E-state index in [-0.39, 0.29) is 17.8 Å². The van der Waals surface area contributed by atoms with Gasteiger partial charge in [0.1, 0.15) is 0 Å². The number of carbonyl (C=O) groups excluding carboxylic acids is 1. The van der Waals surface area contributed by atoms with E-state index in [0.717, 1.165) is 22.9 Å². The van der Waals surface area contributed by atoms with E-state index in [0.29, 0.717) is 0 Å². The van der Waals surface area contributed by atoms with Crippen molar-refractivity contribution in [2.24, 2.45) is 0 Å². The number of carbonyl (C=O) groups is 1. The van der Waals surface area contributed by atoms with Gasteiger partial charge in [-0.25, -0.2) is 4.39 Å². The van der Waals surface area contributed by atoms with Crippen molar-refractivity contribution in [3.8, 4) is 0 Å². The van der Waals surface area contributed by atoms with E-state index < -0.39 is 5.82 Å². The second-order valence-corrected chi connectivity index (χ2v) is 4.45. The molecule has 18 heavy (non-hydrogen) atoms. The minimum absolute atomic E-state index is 0.101. The lowest BCUT2D eigenvalue weighted by Gasteiger charge is -2.05. The summed E-state index contributed by atoms with van der Waals surface area (Å²) in [6.45, 7) is 3.96. The highest BCUT2D eigenvalue weighted by molar-refractivity contribution is 5.97. The average molecular weight is 243 g/mol. The van der Waals surface area contributed by atoms with Gasteiger partial charge in [0.2, 0.25) is 0 Å². The Morgan fingerprint density at radius 2 is 1.89 bits per heavy atom. The van der Waals surface area contributed by atoms with Gasteiger partial charge in [0.05, 0.1) is 11.8 Å². The summed E-state index contributed by atoms with van der Waals surface area (Å²) in [6, 6.07) is 7.36. The molecule has 0 fully saturated rings. The number of Topliss-reactive ketones (excluding diaryl/α,β-unsaturated/α-hetero) is 1. The molecule has 2 rings (SSSR count). The Labute approximate surface area is 105 Å². The molecule has 0 amide bonds. The minimum Gasteiger partial charge on any atom is -0.294 e. The van der Waals surface area contributed by atoms with Crippen molar-refractivity contribution in [3.05, 3.63) is 64.7 Å². The molecule has 0 aliphatic rings. The van der Waals surface area contributed by atoms with E-state index in [2.05, 4.69) is 4.98 Å². The highest BCUT2D eigenvalue weighted by Crippen LogP contribution is 2.13. The van der Waals surface area contributed by atoms with Gasteiger partial charge in [-0.3, -0.25) is 9.78 Å². The molecule has 1 aromatic heterocycles. The second kappa shape index (κ2) is 5.08. The Hall–Kier alpha value is -2.03. The van der Waals surface area contributed by atoms with Crippen molar-refractivity contribution >= 4 is 5.78 Å². The summed E-state index contributed by atoms with van der Waals surface area (Å²) < 4.78 is 13.4. The van der Waals surface area contributed by atoms with Crippen molar-refractivity contribution in [1.29, 1.82) is 0 Å². The number of benzene rings is 1. The maximum atomic E-state index is 13.4. The van der Waals surface area contributed by atoms with Crippen LogP contribution in [0.4, 0.5) is 4.39 Å². The number of aromatic nitrogens is 1. The molecule has 0 aliphatic heterocycles. The third kappa shape index (κ3) is 2.80.